The molecule has 1 N–H and O–H groups in total. The number of nitrogens with zero attached hydrogens (tertiary/aromatic N) is 1. The average molecular weight is 275 g/mol. The fraction of sp³-hybridized carbons (Fsp3) is 0.438. The van der Waals surface area contributed by atoms with Gasteiger partial charge in [0, 0.05) is 25.1 Å². The molecule has 1 aromatic carbocycles. The van der Waals surface area contributed by atoms with Gasteiger partial charge >= 0.3 is 0 Å². The van der Waals surface area contributed by atoms with Crippen LogP contribution in [0.1, 0.15) is 41.6 Å². The lowest BCUT2D eigenvalue weighted by Gasteiger charge is -2.34. The zero-order chi connectivity index (χ0) is 14.5. The fourth-order valence-electron chi connectivity index (χ4n) is 2.15. The summed E-state index contributed by atoms with van der Waals surface area (Å²) in [5, 5.41) is 8.73. The maximum Gasteiger partial charge on any atom is 0.255 e. The SMILES string of the molecule is CN(C(=O)c1ccc(F)cc1C#CCCO)C1CCC1. The molecule has 20 heavy (non-hydrogen) atoms. The minimum atomic E-state index is -0.416. The Morgan fingerprint density at radius 2 is 2.25 bits per heavy atom. The van der Waals surface area contributed by atoms with Crippen molar-refractivity contribution >= 4 is 5.91 Å². The van der Waals surface area contributed by atoms with Crippen LogP contribution in [-0.2, 0) is 0 Å². The summed E-state index contributed by atoms with van der Waals surface area (Å²) in [6, 6.07) is 4.31. The van der Waals surface area contributed by atoms with Crippen molar-refractivity contribution in [2.45, 2.75) is 31.7 Å². The van der Waals surface area contributed by atoms with Crippen LogP contribution in [0.5, 0.6) is 0 Å². The van der Waals surface area contributed by atoms with Crippen molar-refractivity contribution in [2.24, 2.45) is 0 Å². The van der Waals surface area contributed by atoms with Crippen LogP contribution in [0.2, 0.25) is 0 Å². The Kier molecular flexibility index (Phi) is 4.75. The first-order valence-electron chi connectivity index (χ1n) is 6.80. The number of aliphatic hydroxyl groups is 1. The minimum absolute atomic E-state index is 0.0480. The fourth-order valence-corrected chi connectivity index (χ4v) is 2.15. The molecule has 1 amide bonds. The van der Waals surface area contributed by atoms with Crippen LogP contribution in [0.4, 0.5) is 4.39 Å². The minimum Gasteiger partial charge on any atom is -0.395 e. The van der Waals surface area contributed by atoms with Gasteiger partial charge < -0.3 is 10.0 Å². The molecule has 1 saturated carbocycles. The first kappa shape index (κ1) is 14.5. The van der Waals surface area contributed by atoms with Crippen LogP contribution in [0.3, 0.4) is 0 Å². The maximum atomic E-state index is 13.3. The molecule has 0 atom stereocenters. The van der Waals surface area contributed by atoms with E-state index in [2.05, 4.69) is 11.8 Å². The average Bonchev–Trinajstić information content (AvgIpc) is 2.36. The Morgan fingerprint density at radius 1 is 1.50 bits per heavy atom. The van der Waals surface area contributed by atoms with Gasteiger partial charge in [-0.05, 0) is 37.5 Å². The molecule has 0 aliphatic heterocycles. The van der Waals surface area contributed by atoms with E-state index in [1.807, 2.05) is 0 Å². The number of carbonyl (C=O) groups is 1. The summed E-state index contributed by atoms with van der Waals surface area (Å²) in [7, 11) is 1.78. The van der Waals surface area contributed by atoms with E-state index in [0.29, 0.717) is 17.5 Å². The summed E-state index contributed by atoms with van der Waals surface area (Å²) in [4.78, 5) is 14.1. The molecule has 1 aromatic rings. The molecule has 0 saturated heterocycles. The van der Waals surface area contributed by atoms with Crippen molar-refractivity contribution in [2.75, 3.05) is 13.7 Å². The molecule has 0 radical (unpaired) electrons. The molecule has 1 fully saturated rings. The van der Waals surface area contributed by atoms with Crippen LogP contribution < -0.4 is 0 Å². The predicted octanol–water partition coefficient (Wildman–Crippen LogP) is 2.18. The van der Waals surface area contributed by atoms with E-state index in [9.17, 15) is 9.18 Å². The second-order valence-corrected chi connectivity index (χ2v) is 4.97. The van der Waals surface area contributed by atoms with Gasteiger partial charge in [0.25, 0.3) is 5.91 Å². The van der Waals surface area contributed by atoms with E-state index < -0.39 is 5.82 Å². The van der Waals surface area contributed by atoms with Crippen molar-refractivity contribution in [1.82, 2.24) is 4.90 Å². The third kappa shape index (κ3) is 3.17. The van der Waals surface area contributed by atoms with E-state index in [0.717, 1.165) is 19.3 Å². The van der Waals surface area contributed by atoms with Gasteiger partial charge in [-0.3, -0.25) is 4.79 Å². The zero-order valence-corrected chi connectivity index (χ0v) is 11.5. The summed E-state index contributed by atoms with van der Waals surface area (Å²) < 4.78 is 13.3. The van der Waals surface area contributed by atoms with Gasteiger partial charge in [0.05, 0.1) is 12.2 Å². The Balaban J connectivity index is 2.25. The zero-order valence-electron chi connectivity index (χ0n) is 11.5. The second-order valence-electron chi connectivity index (χ2n) is 4.97. The molecule has 0 aromatic heterocycles. The number of amides is 1. The van der Waals surface area contributed by atoms with Crippen molar-refractivity contribution < 1.29 is 14.3 Å². The first-order valence-corrected chi connectivity index (χ1v) is 6.80. The molecular formula is C16H18FNO2. The summed E-state index contributed by atoms with van der Waals surface area (Å²) in [5.74, 6) is 4.96. The smallest absolute Gasteiger partial charge is 0.255 e. The van der Waals surface area contributed by atoms with E-state index in [-0.39, 0.29) is 18.6 Å². The largest absolute Gasteiger partial charge is 0.395 e. The highest BCUT2D eigenvalue weighted by Gasteiger charge is 2.27. The molecule has 4 heteroatoms. The quantitative estimate of drug-likeness (QED) is 0.859. The molecule has 1 aliphatic carbocycles. The third-order valence-electron chi connectivity index (χ3n) is 3.61. The Hall–Kier alpha value is -1.86. The van der Waals surface area contributed by atoms with Gasteiger partial charge in [-0.25, -0.2) is 4.39 Å². The van der Waals surface area contributed by atoms with Crippen LogP contribution in [0.15, 0.2) is 18.2 Å². The molecule has 0 spiro atoms. The van der Waals surface area contributed by atoms with Crippen molar-refractivity contribution in [1.29, 1.82) is 0 Å². The molecule has 0 unspecified atom stereocenters. The normalized spacial score (nSPS) is 14.2. The Morgan fingerprint density at radius 3 is 2.85 bits per heavy atom. The summed E-state index contributed by atoms with van der Waals surface area (Å²) in [6.07, 6.45) is 3.50. The third-order valence-corrected chi connectivity index (χ3v) is 3.61. The van der Waals surface area contributed by atoms with Crippen LogP contribution in [0.25, 0.3) is 0 Å². The second kappa shape index (κ2) is 6.53. The van der Waals surface area contributed by atoms with E-state index in [1.165, 1.54) is 18.2 Å². The van der Waals surface area contributed by atoms with Crippen LogP contribution in [-0.4, -0.2) is 35.6 Å². The van der Waals surface area contributed by atoms with Gasteiger partial charge in [-0.15, -0.1) is 0 Å². The van der Waals surface area contributed by atoms with Gasteiger partial charge in [-0.2, -0.15) is 0 Å². The van der Waals surface area contributed by atoms with Crippen LogP contribution in [0, 0.1) is 17.7 Å². The Bertz CT molecular complexity index is 555. The lowest BCUT2D eigenvalue weighted by Crippen LogP contribution is -2.41. The topological polar surface area (TPSA) is 40.5 Å². The predicted molar refractivity (Wildman–Crippen MR) is 74.7 cm³/mol. The highest BCUT2D eigenvalue weighted by atomic mass is 19.1. The number of hydrogen-bond donors (Lipinski definition) is 1. The molecular weight excluding hydrogens is 257 g/mol. The highest BCUT2D eigenvalue weighted by Crippen LogP contribution is 2.25. The highest BCUT2D eigenvalue weighted by molar-refractivity contribution is 5.96. The lowest BCUT2D eigenvalue weighted by molar-refractivity contribution is 0.0651. The number of aliphatic hydroxyl groups excluding tert-OH is 1. The number of carbonyl (C=O) groups excluding carboxylic acids is 1. The molecule has 2 rings (SSSR count). The standard InChI is InChI=1S/C16H18FNO2/c1-18(14-6-4-7-14)16(20)15-9-8-13(17)11-12(15)5-2-3-10-19/h8-9,11,14,19H,3-4,6-7,10H2,1H3. The van der Waals surface area contributed by atoms with E-state index in [4.69, 9.17) is 5.11 Å². The van der Waals surface area contributed by atoms with Crippen LogP contribution >= 0.6 is 0 Å². The maximum absolute atomic E-state index is 13.3. The molecule has 3 nitrogen and oxygen atoms in total. The van der Waals surface area contributed by atoms with Gasteiger partial charge in [0.1, 0.15) is 5.82 Å². The van der Waals surface area contributed by atoms with Gasteiger partial charge in [-0.1, -0.05) is 11.8 Å². The van der Waals surface area contributed by atoms with Crippen molar-refractivity contribution in [3.8, 4) is 11.8 Å². The van der Waals surface area contributed by atoms with Gasteiger partial charge in [0.2, 0.25) is 0 Å². The Labute approximate surface area is 118 Å². The number of hydrogen-bond acceptors (Lipinski definition) is 2. The number of rotatable bonds is 3. The van der Waals surface area contributed by atoms with E-state index >= 15 is 0 Å². The number of benzene rings is 1. The van der Waals surface area contributed by atoms with Crippen molar-refractivity contribution in [3.05, 3.63) is 35.1 Å². The summed E-state index contributed by atoms with van der Waals surface area (Å²) in [5.41, 5.74) is 0.806. The molecule has 1 aliphatic rings. The van der Waals surface area contributed by atoms with E-state index in [1.54, 1.807) is 11.9 Å². The molecule has 0 bridgehead atoms. The lowest BCUT2D eigenvalue weighted by atomic mass is 9.91. The summed E-state index contributed by atoms with van der Waals surface area (Å²) in [6.45, 7) is -0.0480. The van der Waals surface area contributed by atoms with Gasteiger partial charge in [0.15, 0.2) is 0 Å². The molecule has 106 valence electrons. The van der Waals surface area contributed by atoms with Crippen molar-refractivity contribution in [3.63, 3.8) is 0 Å². The first-order chi connectivity index (χ1) is 9.63. The monoisotopic (exact) mass is 275 g/mol. The molecule has 0 heterocycles. The summed E-state index contributed by atoms with van der Waals surface area (Å²) >= 11 is 0. The number of halogens is 1.